The van der Waals surface area contributed by atoms with Crippen LogP contribution < -0.4 is 0 Å². The van der Waals surface area contributed by atoms with Gasteiger partial charge in [0.2, 0.25) is 0 Å². The monoisotopic (exact) mass is 586 g/mol. The highest BCUT2D eigenvalue weighted by molar-refractivity contribution is 6.23. The molecule has 0 fully saturated rings. The lowest BCUT2D eigenvalue weighted by atomic mass is 9.83. The van der Waals surface area contributed by atoms with Crippen LogP contribution in [0.4, 0.5) is 0 Å². The molecule has 0 aliphatic heterocycles. The molecule has 0 N–H and O–H groups in total. The molecule has 0 aliphatic rings. The van der Waals surface area contributed by atoms with Gasteiger partial charge in [-0.15, -0.1) is 0 Å². The average molecular weight is 587 g/mol. The van der Waals surface area contributed by atoms with E-state index < -0.39 is 0 Å². The van der Waals surface area contributed by atoms with Crippen molar-refractivity contribution in [2.45, 2.75) is 0 Å². The first-order valence-corrected chi connectivity index (χ1v) is 15.4. The van der Waals surface area contributed by atoms with Crippen LogP contribution in [-0.2, 0) is 0 Å². The smallest absolute Gasteiger partial charge is 0.0965 e. The molecule has 46 heavy (non-hydrogen) atoms. The summed E-state index contributed by atoms with van der Waals surface area (Å²) in [6.45, 7) is 0. The Labute approximate surface area is 265 Å². The van der Waals surface area contributed by atoms with Gasteiger partial charge in [-0.1, -0.05) is 109 Å². The topological polar surface area (TPSA) is 51.6 Å². The van der Waals surface area contributed by atoms with Crippen molar-refractivity contribution in [3.05, 3.63) is 158 Å². The van der Waals surface area contributed by atoms with E-state index in [9.17, 15) is 0 Å². The van der Waals surface area contributed by atoms with Crippen molar-refractivity contribution < 1.29 is 0 Å². The first-order valence-electron chi connectivity index (χ1n) is 15.4. The largest absolute Gasteiger partial charge is 0.253 e. The van der Waals surface area contributed by atoms with Gasteiger partial charge in [-0.3, -0.25) is 19.9 Å². The summed E-state index contributed by atoms with van der Waals surface area (Å²) in [6.07, 6.45) is 7.03. The molecule has 214 valence electrons. The molecule has 9 rings (SSSR count). The fraction of sp³-hybridized carbons (Fsp3) is 0. The number of aromatic nitrogens is 4. The van der Waals surface area contributed by atoms with Crippen LogP contribution in [0.1, 0.15) is 0 Å². The van der Waals surface area contributed by atoms with Gasteiger partial charge < -0.3 is 0 Å². The molecule has 4 nitrogen and oxygen atoms in total. The maximum absolute atomic E-state index is 4.72. The molecule has 9 aromatic rings. The fourth-order valence-corrected chi connectivity index (χ4v) is 6.84. The van der Waals surface area contributed by atoms with Crippen LogP contribution >= 0.6 is 0 Å². The third-order valence-electron chi connectivity index (χ3n) is 8.86. The van der Waals surface area contributed by atoms with E-state index >= 15 is 0 Å². The predicted octanol–water partition coefficient (Wildman–Crippen LogP) is 10.5. The third-order valence-corrected chi connectivity index (χ3v) is 8.86. The second kappa shape index (κ2) is 10.7. The van der Waals surface area contributed by atoms with Crippen LogP contribution in [0.25, 0.3) is 88.1 Å². The van der Waals surface area contributed by atoms with Crippen LogP contribution in [0.2, 0.25) is 0 Å². The van der Waals surface area contributed by atoms with Gasteiger partial charge in [0.05, 0.1) is 22.1 Å². The number of rotatable bonds is 4. The minimum Gasteiger partial charge on any atom is -0.253 e. The summed E-state index contributed by atoms with van der Waals surface area (Å²) in [6, 6.07) is 47.6. The summed E-state index contributed by atoms with van der Waals surface area (Å²) in [5.74, 6) is 0. The summed E-state index contributed by atoms with van der Waals surface area (Å²) in [7, 11) is 0. The van der Waals surface area contributed by atoms with Crippen molar-refractivity contribution >= 4 is 43.6 Å². The van der Waals surface area contributed by atoms with Gasteiger partial charge >= 0.3 is 0 Å². The molecule has 0 saturated heterocycles. The van der Waals surface area contributed by atoms with Crippen molar-refractivity contribution in [1.82, 2.24) is 19.9 Å². The highest BCUT2D eigenvalue weighted by Gasteiger charge is 2.20. The molecule has 0 aliphatic carbocycles. The van der Waals surface area contributed by atoms with Crippen LogP contribution in [0.5, 0.6) is 0 Å². The van der Waals surface area contributed by atoms with E-state index in [2.05, 4.69) is 131 Å². The van der Waals surface area contributed by atoms with E-state index in [1.165, 1.54) is 43.8 Å². The second-order valence-corrected chi connectivity index (χ2v) is 11.5. The van der Waals surface area contributed by atoms with Crippen molar-refractivity contribution in [3.8, 4) is 44.5 Å². The van der Waals surface area contributed by atoms with E-state index in [1.807, 2.05) is 12.1 Å². The molecule has 0 spiro atoms. The van der Waals surface area contributed by atoms with Crippen molar-refractivity contribution in [3.63, 3.8) is 0 Å². The first kappa shape index (κ1) is 26.2. The molecule has 0 unspecified atom stereocenters. The molecule has 2 heterocycles. The van der Waals surface area contributed by atoms with Crippen LogP contribution in [0, 0.1) is 0 Å². The molecule has 2 aromatic heterocycles. The van der Waals surface area contributed by atoms with Crippen molar-refractivity contribution in [2.75, 3.05) is 0 Å². The molecule has 7 aromatic carbocycles. The molecule has 0 saturated carbocycles. The molecule has 0 bridgehead atoms. The van der Waals surface area contributed by atoms with Crippen LogP contribution in [-0.4, -0.2) is 19.9 Å². The highest BCUT2D eigenvalue weighted by Crippen LogP contribution is 2.47. The zero-order chi connectivity index (χ0) is 30.5. The number of para-hydroxylation sites is 2. The maximum atomic E-state index is 4.72. The van der Waals surface area contributed by atoms with Gasteiger partial charge in [0.25, 0.3) is 0 Å². The van der Waals surface area contributed by atoms with Gasteiger partial charge in [0.15, 0.2) is 0 Å². The average Bonchev–Trinajstić information content (AvgIpc) is 3.14. The van der Waals surface area contributed by atoms with E-state index in [0.717, 1.165) is 44.3 Å². The van der Waals surface area contributed by atoms with Crippen LogP contribution in [0.3, 0.4) is 0 Å². The number of fused-ring (bicyclic) bond motifs is 5. The lowest BCUT2D eigenvalue weighted by Crippen LogP contribution is -1.94. The number of hydrogen-bond acceptors (Lipinski definition) is 4. The lowest BCUT2D eigenvalue weighted by molar-refractivity contribution is 1.29. The van der Waals surface area contributed by atoms with E-state index in [0.29, 0.717) is 0 Å². The quantitative estimate of drug-likeness (QED) is 0.193. The third kappa shape index (κ3) is 4.23. The Morgan fingerprint density at radius 1 is 0.304 bits per heavy atom. The zero-order valence-corrected chi connectivity index (χ0v) is 24.8. The molecule has 0 atom stereocenters. The number of nitrogens with zero attached hydrogens (tertiary/aromatic N) is 4. The summed E-state index contributed by atoms with van der Waals surface area (Å²) < 4.78 is 0. The molecular formula is C42H26N4. The highest BCUT2D eigenvalue weighted by atomic mass is 14.8. The molecular weight excluding hydrogens is 560 g/mol. The summed E-state index contributed by atoms with van der Waals surface area (Å²) in [5, 5.41) is 4.79. The Balaban J connectivity index is 1.42. The Morgan fingerprint density at radius 2 is 0.739 bits per heavy atom. The minimum absolute atomic E-state index is 0.887. The second-order valence-electron chi connectivity index (χ2n) is 11.5. The van der Waals surface area contributed by atoms with E-state index in [1.54, 1.807) is 24.8 Å². The Hall–Kier alpha value is -6.26. The summed E-state index contributed by atoms with van der Waals surface area (Å²) in [5.41, 5.74) is 12.7. The Kier molecular flexibility index (Phi) is 6.10. The van der Waals surface area contributed by atoms with Gasteiger partial charge in [-0.25, -0.2) is 0 Å². The summed E-state index contributed by atoms with van der Waals surface area (Å²) in [4.78, 5) is 18.6. The van der Waals surface area contributed by atoms with Crippen LogP contribution in [0.15, 0.2) is 158 Å². The van der Waals surface area contributed by atoms with Crippen molar-refractivity contribution in [2.24, 2.45) is 0 Å². The van der Waals surface area contributed by atoms with E-state index in [4.69, 9.17) is 9.97 Å². The van der Waals surface area contributed by atoms with Crippen molar-refractivity contribution in [1.29, 1.82) is 0 Å². The fourth-order valence-electron chi connectivity index (χ4n) is 6.84. The number of hydrogen-bond donors (Lipinski definition) is 0. The lowest BCUT2D eigenvalue weighted by Gasteiger charge is -2.20. The SMILES string of the molecule is c1ccc(-c2c(-c3ccccc3)c3cc(-c4cccc5nccnc45)ccc3c3ccc(-c4cccc5nccnc45)cc23)cc1. The first-order chi connectivity index (χ1) is 22.8. The van der Waals surface area contributed by atoms with Gasteiger partial charge in [0.1, 0.15) is 0 Å². The molecule has 0 radical (unpaired) electrons. The minimum atomic E-state index is 0.887. The zero-order valence-electron chi connectivity index (χ0n) is 24.8. The van der Waals surface area contributed by atoms with Gasteiger partial charge in [-0.2, -0.15) is 0 Å². The van der Waals surface area contributed by atoms with Gasteiger partial charge in [0, 0.05) is 35.9 Å². The molecule has 0 amide bonds. The van der Waals surface area contributed by atoms with Gasteiger partial charge in [-0.05, 0) is 79.2 Å². The number of benzene rings is 7. The molecule has 4 heteroatoms. The Bertz CT molecular complexity index is 2390. The maximum Gasteiger partial charge on any atom is 0.0965 e. The predicted molar refractivity (Wildman–Crippen MR) is 189 cm³/mol. The standard InChI is InChI=1S/C42H26N4/c1-3-9-27(10-4-1)39-35-25-29(31-13-7-15-37-41(31)45-23-21-43-37)17-19-33(35)34-20-18-30(26-36(34)40(39)28-11-5-2-6-12-28)32-14-8-16-38-42(32)46-24-22-44-38/h1-26H. The van der Waals surface area contributed by atoms with E-state index in [-0.39, 0.29) is 0 Å². The normalized spacial score (nSPS) is 11.5. The summed E-state index contributed by atoms with van der Waals surface area (Å²) >= 11 is 0. The Morgan fingerprint density at radius 3 is 1.20 bits per heavy atom.